The maximum Gasteiger partial charge on any atom is 0.269 e. The molecule has 3 aromatic rings. The molecule has 0 aliphatic carbocycles. The maximum absolute atomic E-state index is 12.4. The molecule has 0 unspecified atom stereocenters. The van der Waals surface area contributed by atoms with E-state index < -0.39 is 0 Å². The number of nitriles is 1. The lowest BCUT2D eigenvalue weighted by molar-refractivity contribution is 0.675. The monoisotopic (exact) mass is 320 g/mol. The number of tetrazole rings is 1. The van der Waals surface area contributed by atoms with E-state index in [1.54, 1.807) is 23.9 Å². The van der Waals surface area contributed by atoms with E-state index in [0.717, 1.165) is 16.8 Å². The lowest BCUT2D eigenvalue weighted by Crippen LogP contribution is -2.25. The molecule has 0 bridgehead atoms. The summed E-state index contributed by atoms with van der Waals surface area (Å²) in [4.78, 5) is 12.4. The van der Waals surface area contributed by atoms with E-state index in [2.05, 4.69) is 15.5 Å². The summed E-state index contributed by atoms with van der Waals surface area (Å²) >= 11 is 0. The van der Waals surface area contributed by atoms with Crippen LogP contribution in [0.2, 0.25) is 0 Å². The quantitative estimate of drug-likeness (QED) is 0.732. The van der Waals surface area contributed by atoms with Crippen LogP contribution in [0.5, 0.6) is 0 Å². The first-order valence-corrected chi connectivity index (χ1v) is 7.47. The molecule has 24 heavy (non-hydrogen) atoms. The van der Waals surface area contributed by atoms with Gasteiger partial charge in [0.05, 0.1) is 12.2 Å². The maximum atomic E-state index is 12.4. The van der Waals surface area contributed by atoms with Gasteiger partial charge in [0.25, 0.3) is 5.56 Å². The summed E-state index contributed by atoms with van der Waals surface area (Å²) in [6.45, 7) is 5.90. The van der Waals surface area contributed by atoms with Gasteiger partial charge < -0.3 is 4.57 Å². The highest BCUT2D eigenvalue weighted by atomic mass is 16.1. The molecule has 0 amide bonds. The molecule has 0 fully saturated rings. The largest absolute Gasteiger partial charge is 0.307 e. The Balaban J connectivity index is 2.08. The van der Waals surface area contributed by atoms with Crippen LogP contribution in [0.4, 0.5) is 0 Å². The van der Waals surface area contributed by atoms with Crippen molar-refractivity contribution in [1.82, 2.24) is 24.8 Å². The Kier molecular flexibility index (Phi) is 3.96. The van der Waals surface area contributed by atoms with Gasteiger partial charge in [0, 0.05) is 6.20 Å². The zero-order chi connectivity index (χ0) is 17.3. The van der Waals surface area contributed by atoms with Gasteiger partial charge in [-0.05, 0) is 54.0 Å². The topological polar surface area (TPSA) is 89.4 Å². The van der Waals surface area contributed by atoms with Crippen LogP contribution in [0.15, 0.2) is 35.3 Å². The van der Waals surface area contributed by atoms with E-state index in [0.29, 0.717) is 11.4 Å². The minimum atomic E-state index is -0.339. The van der Waals surface area contributed by atoms with Gasteiger partial charge in [-0.3, -0.25) is 4.79 Å². The van der Waals surface area contributed by atoms with Crippen molar-refractivity contribution in [2.24, 2.45) is 0 Å². The number of aryl methyl sites for hydroxylation is 3. The second-order valence-electron chi connectivity index (χ2n) is 5.67. The van der Waals surface area contributed by atoms with Crippen molar-refractivity contribution < 1.29 is 0 Å². The summed E-state index contributed by atoms with van der Waals surface area (Å²) in [7, 11) is 0. The van der Waals surface area contributed by atoms with Crippen molar-refractivity contribution in [3.05, 3.63) is 68.9 Å². The van der Waals surface area contributed by atoms with Crippen LogP contribution < -0.4 is 5.56 Å². The van der Waals surface area contributed by atoms with Gasteiger partial charge in [-0.25, -0.2) is 0 Å². The minimum Gasteiger partial charge on any atom is -0.307 e. The van der Waals surface area contributed by atoms with Gasteiger partial charge in [0.2, 0.25) is 0 Å². The second-order valence-corrected chi connectivity index (χ2v) is 5.67. The first-order chi connectivity index (χ1) is 11.5. The fraction of sp³-hybridized carbons (Fsp3) is 0.235. The molecule has 0 atom stereocenters. The fourth-order valence-electron chi connectivity index (χ4n) is 2.70. The van der Waals surface area contributed by atoms with Gasteiger partial charge in [-0.15, -0.1) is 5.10 Å². The molecule has 0 radical (unpaired) electrons. The van der Waals surface area contributed by atoms with Gasteiger partial charge in [-0.2, -0.15) is 9.94 Å². The minimum absolute atomic E-state index is 0.142. The zero-order valence-corrected chi connectivity index (χ0v) is 13.7. The molecular formula is C17H16N6O. The van der Waals surface area contributed by atoms with Gasteiger partial charge in [0.1, 0.15) is 11.6 Å². The van der Waals surface area contributed by atoms with Crippen LogP contribution in [0.1, 0.15) is 28.1 Å². The van der Waals surface area contributed by atoms with E-state index >= 15 is 0 Å². The smallest absolute Gasteiger partial charge is 0.269 e. The van der Waals surface area contributed by atoms with E-state index in [4.69, 9.17) is 5.26 Å². The number of nitrogens with zero attached hydrogens (tertiary/aromatic N) is 6. The molecule has 0 saturated carbocycles. The molecule has 0 aliphatic rings. The van der Waals surface area contributed by atoms with Crippen molar-refractivity contribution in [2.45, 2.75) is 27.3 Å². The molecule has 2 heterocycles. The van der Waals surface area contributed by atoms with Crippen molar-refractivity contribution in [3.63, 3.8) is 0 Å². The lowest BCUT2D eigenvalue weighted by Gasteiger charge is -2.12. The zero-order valence-electron chi connectivity index (χ0n) is 13.7. The van der Waals surface area contributed by atoms with E-state index in [1.165, 1.54) is 4.57 Å². The summed E-state index contributed by atoms with van der Waals surface area (Å²) in [5.41, 5.74) is 3.44. The Labute approximate surface area is 138 Å². The second kappa shape index (κ2) is 6.08. The van der Waals surface area contributed by atoms with Crippen molar-refractivity contribution in [2.75, 3.05) is 0 Å². The van der Waals surface area contributed by atoms with Gasteiger partial charge in [0.15, 0.2) is 5.82 Å². The van der Waals surface area contributed by atoms with Crippen molar-refractivity contribution >= 4 is 0 Å². The van der Waals surface area contributed by atoms with Gasteiger partial charge >= 0.3 is 0 Å². The van der Waals surface area contributed by atoms with Crippen LogP contribution in [-0.4, -0.2) is 24.8 Å². The first kappa shape index (κ1) is 15.6. The van der Waals surface area contributed by atoms with Crippen molar-refractivity contribution in [1.29, 1.82) is 5.26 Å². The number of hydrogen-bond donors (Lipinski definition) is 0. The molecule has 1 aromatic carbocycles. The van der Waals surface area contributed by atoms with Crippen LogP contribution in [-0.2, 0) is 6.54 Å². The van der Waals surface area contributed by atoms with Crippen LogP contribution in [0.25, 0.3) is 5.69 Å². The van der Waals surface area contributed by atoms with Crippen LogP contribution in [0, 0.1) is 32.1 Å². The van der Waals surface area contributed by atoms with Gasteiger partial charge in [-0.1, -0.05) is 18.2 Å². The standard InChI is InChI=1S/C17H16N6O/c1-11-7-8-22(17(24)14(11)9-18)10-15-19-20-21-23(15)16-12(2)5-4-6-13(16)3/h4-8H,10H2,1-3H3. The molecule has 0 N–H and O–H groups in total. The Hall–Kier alpha value is -3.27. The molecule has 120 valence electrons. The number of hydrogen-bond acceptors (Lipinski definition) is 5. The van der Waals surface area contributed by atoms with Crippen molar-refractivity contribution in [3.8, 4) is 11.8 Å². The van der Waals surface area contributed by atoms with E-state index in [9.17, 15) is 4.79 Å². The molecule has 2 aromatic heterocycles. The van der Waals surface area contributed by atoms with Crippen LogP contribution >= 0.6 is 0 Å². The predicted molar refractivity (Wildman–Crippen MR) is 87.9 cm³/mol. The first-order valence-electron chi connectivity index (χ1n) is 7.47. The Morgan fingerprint density at radius 3 is 2.50 bits per heavy atom. The highest BCUT2D eigenvalue weighted by Crippen LogP contribution is 2.18. The number of aromatic nitrogens is 5. The third-order valence-corrected chi connectivity index (χ3v) is 3.98. The summed E-state index contributed by atoms with van der Waals surface area (Å²) in [5, 5.41) is 21.0. The predicted octanol–water partition coefficient (Wildman–Crippen LogP) is 1.67. The summed E-state index contributed by atoms with van der Waals surface area (Å²) < 4.78 is 3.09. The molecular weight excluding hydrogens is 304 g/mol. The third kappa shape index (κ3) is 2.58. The molecule has 0 saturated heterocycles. The Morgan fingerprint density at radius 2 is 1.83 bits per heavy atom. The number of benzene rings is 1. The van der Waals surface area contributed by atoms with E-state index in [-0.39, 0.29) is 17.7 Å². The average Bonchev–Trinajstić information content (AvgIpc) is 2.98. The number of rotatable bonds is 3. The summed E-state index contributed by atoms with van der Waals surface area (Å²) in [5.74, 6) is 0.530. The highest BCUT2D eigenvalue weighted by molar-refractivity contribution is 5.46. The number of pyridine rings is 1. The third-order valence-electron chi connectivity index (χ3n) is 3.98. The van der Waals surface area contributed by atoms with E-state index in [1.807, 2.05) is 38.1 Å². The Bertz CT molecular complexity index is 988. The highest BCUT2D eigenvalue weighted by Gasteiger charge is 2.15. The van der Waals surface area contributed by atoms with Crippen LogP contribution in [0.3, 0.4) is 0 Å². The fourth-order valence-corrected chi connectivity index (χ4v) is 2.70. The summed E-state index contributed by atoms with van der Waals surface area (Å²) in [6.07, 6.45) is 1.65. The molecule has 0 aliphatic heterocycles. The molecule has 0 spiro atoms. The normalized spacial score (nSPS) is 10.6. The molecule has 7 heteroatoms. The molecule has 7 nitrogen and oxygen atoms in total. The lowest BCUT2D eigenvalue weighted by atomic mass is 10.1. The number of para-hydroxylation sites is 1. The molecule has 3 rings (SSSR count). The Morgan fingerprint density at radius 1 is 1.12 bits per heavy atom. The average molecular weight is 320 g/mol. The summed E-state index contributed by atoms with van der Waals surface area (Å²) in [6, 6.07) is 9.64. The SMILES string of the molecule is Cc1cccc(C)c1-n1nnnc1Cn1ccc(C)c(C#N)c1=O.